The van der Waals surface area contributed by atoms with Crippen LogP contribution in [0.15, 0.2) is 41.1 Å². The predicted molar refractivity (Wildman–Crippen MR) is 90.3 cm³/mol. The quantitative estimate of drug-likeness (QED) is 0.744. The predicted octanol–water partition coefficient (Wildman–Crippen LogP) is 4.39. The van der Waals surface area contributed by atoms with Crippen LogP contribution in [0.4, 0.5) is 0 Å². The van der Waals surface area contributed by atoms with Gasteiger partial charge in [0.2, 0.25) is 0 Å². The maximum absolute atomic E-state index is 9.19. The molecule has 0 aliphatic rings. The Kier molecular flexibility index (Phi) is 6.43. The molecule has 0 unspecified atom stereocenters. The van der Waals surface area contributed by atoms with Gasteiger partial charge < -0.3 is 14.6 Å². The van der Waals surface area contributed by atoms with Crippen LogP contribution < -0.4 is 4.74 Å². The molecule has 0 aliphatic carbocycles. The zero-order chi connectivity index (χ0) is 15.8. The van der Waals surface area contributed by atoms with Gasteiger partial charge in [0.05, 0.1) is 13.2 Å². The molecule has 0 saturated carbocycles. The third-order valence-electron chi connectivity index (χ3n) is 4.00. The van der Waals surface area contributed by atoms with E-state index < -0.39 is 0 Å². The summed E-state index contributed by atoms with van der Waals surface area (Å²) in [5.74, 6) is 0.775. The molecule has 0 spiro atoms. The first-order chi connectivity index (χ1) is 10.7. The summed E-state index contributed by atoms with van der Waals surface area (Å²) < 4.78 is 12.1. The van der Waals surface area contributed by atoms with Crippen molar-refractivity contribution in [2.24, 2.45) is 0 Å². The molecule has 1 aromatic heterocycles. The van der Waals surface area contributed by atoms with Gasteiger partial charge in [0, 0.05) is 0 Å². The van der Waals surface area contributed by atoms with Crippen molar-refractivity contribution in [3.63, 3.8) is 0 Å². The second kappa shape index (κ2) is 8.32. The number of rotatable bonds is 9. The van der Waals surface area contributed by atoms with E-state index in [0.717, 1.165) is 24.2 Å². The topological polar surface area (TPSA) is 38.7 Å². The first kappa shape index (κ1) is 17.0. The van der Waals surface area contributed by atoms with Crippen LogP contribution in [0.5, 0.6) is 5.75 Å². The Morgan fingerprint density at radius 2 is 1.95 bits per heavy atom. The zero-order valence-corrected chi connectivity index (χ0v) is 14.1. The molecule has 0 bridgehead atoms. The Balaban J connectivity index is 1.97. The summed E-state index contributed by atoms with van der Waals surface area (Å²) in [5.41, 5.74) is 1.78. The van der Waals surface area contributed by atoms with Crippen LogP contribution >= 0.6 is 11.3 Å². The molecule has 120 valence electrons. The average Bonchev–Trinajstić information content (AvgIpc) is 3.09. The molecule has 1 aromatic carbocycles. The maximum Gasteiger partial charge on any atom is 0.119 e. The van der Waals surface area contributed by atoms with Gasteiger partial charge in [-0.1, -0.05) is 26.0 Å². The lowest BCUT2D eigenvalue weighted by Gasteiger charge is -2.31. The van der Waals surface area contributed by atoms with Gasteiger partial charge in [-0.05, 0) is 52.9 Å². The highest BCUT2D eigenvalue weighted by Gasteiger charge is 2.28. The van der Waals surface area contributed by atoms with Crippen LogP contribution in [0, 0.1) is 0 Å². The number of benzene rings is 1. The molecule has 3 nitrogen and oxygen atoms in total. The molecule has 4 heteroatoms. The van der Waals surface area contributed by atoms with Crippen LogP contribution in [-0.2, 0) is 18.0 Å². The Morgan fingerprint density at radius 1 is 1.14 bits per heavy atom. The number of hydrogen-bond donors (Lipinski definition) is 1. The third-order valence-corrected chi connectivity index (χ3v) is 4.73. The van der Waals surface area contributed by atoms with E-state index in [2.05, 4.69) is 30.7 Å². The third kappa shape index (κ3) is 4.57. The number of ether oxygens (including phenoxy) is 2. The molecule has 22 heavy (non-hydrogen) atoms. The van der Waals surface area contributed by atoms with E-state index in [-0.39, 0.29) is 12.2 Å². The van der Waals surface area contributed by atoms with Gasteiger partial charge in [0.25, 0.3) is 0 Å². The summed E-state index contributed by atoms with van der Waals surface area (Å²) in [4.78, 5) is 0. The average molecular weight is 320 g/mol. The monoisotopic (exact) mass is 320 g/mol. The van der Waals surface area contributed by atoms with E-state index in [9.17, 15) is 5.11 Å². The molecule has 1 N–H and O–H groups in total. The maximum atomic E-state index is 9.19. The Bertz CT molecular complexity index is 547. The number of aliphatic hydroxyl groups excluding tert-OH is 1. The molecular weight excluding hydrogens is 296 g/mol. The molecule has 2 rings (SSSR count). The highest BCUT2D eigenvalue weighted by Crippen LogP contribution is 2.25. The van der Waals surface area contributed by atoms with Crippen LogP contribution in [0.2, 0.25) is 0 Å². The van der Waals surface area contributed by atoms with E-state index in [1.54, 1.807) is 11.3 Å². The normalized spacial score (nSPS) is 11.6. The van der Waals surface area contributed by atoms with Crippen molar-refractivity contribution in [2.75, 3.05) is 6.61 Å². The lowest BCUT2D eigenvalue weighted by molar-refractivity contribution is -0.0877. The molecule has 0 aliphatic heterocycles. The van der Waals surface area contributed by atoms with Crippen molar-refractivity contribution in [2.45, 2.75) is 45.5 Å². The van der Waals surface area contributed by atoms with Crippen LogP contribution in [0.1, 0.15) is 37.8 Å². The largest absolute Gasteiger partial charge is 0.491 e. The molecule has 0 fully saturated rings. The summed E-state index contributed by atoms with van der Waals surface area (Å²) in [6.45, 7) is 5.41. The van der Waals surface area contributed by atoms with Gasteiger partial charge in [-0.2, -0.15) is 11.3 Å². The summed E-state index contributed by atoms with van der Waals surface area (Å²) >= 11 is 1.68. The van der Waals surface area contributed by atoms with Gasteiger partial charge in [0.15, 0.2) is 0 Å². The molecule has 2 aromatic rings. The van der Waals surface area contributed by atoms with Crippen LogP contribution in [0.3, 0.4) is 0 Å². The fourth-order valence-electron chi connectivity index (χ4n) is 2.26. The smallest absolute Gasteiger partial charge is 0.119 e. The van der Waals surface area contributed by atoms with E-state index in [4.69, 9.17) is 9.47 Å². The first-order valence-electron chi connectivity index (χ1n) is 7.69. The Morgan fingerprint density at radius 3 is 2.59 bits per heavy atom. The molecular formula is C18H24O3S. The van der Waals surface area contributed by atoms with Gasteiger partial charge >= 0.3 is 0 Å². The first-order valence-corrected chi connectivity index (χ1v) is 8.63. The Hall–Kier alpha value is -1.36. The minimum absolute atomic E-state index is 0.0263. The minimum Gasteiger partial charge on any atom is -0.491 e. The summed E-state index contributed by atoms with van der Waals surface area (Å²) in [5, 5.41) is 13.4. The number of hydrogen-bond acceptors (Lipinski definition) is 4. The summed E-state index contributed by atoms with van der Waals surface area (Å²) in [6.07, 6.45) is 1.79. The van der Waals surface area contributed by atoms with Gasteiger partial charge in [0.1, 0.15) is 18.0 Å². The van der Waals surface area contributed by atoms with Crippen molar-refractivity contribution in [3.8, 4) is 5.75 Å². The molecule has 0 atom stereocenters. The lowest BCUT2D eigenvalue weighted by Crippen LogP contribution is -2.38. The van der Waals surface area contributed by atoms with Gasteiger partial charge in [-0.25, -0.2) is 0 Å². The Labute approximate surface area is 136 Å². The standard InChI is InChI=1S/C18H24O3S/c1-3-18(4-2,21-12-16-8-9-22-13-16)14-20-17-7-5-6-15(10-17)11-19/h5-10,13,19H,3-4,11-12,14H2,1-2H3. The van der Waals surface area contributed by atoms with Crippen LogP contribution in [0.25, 0.3) is 0 Å². The van der Waals surface area contributed by atoms with Crippen molar-refractivity contribution in [3.05, 3.63) is 52.2 Å². The highest BCUT2D eigenvalue weighted by molar-refractivity contribution is 7.07. The fraction of sp³-hybridized carbons (Fsp3) is 0.444. The second-order valence-corrected chi connectivity index (χ2v) is 6.18. The van der Waals surface area contributed by atoms with E-state index in [1.165, 1.54) is 5.56 Å². The van der Waals surface area contributed by atoms with E-state index in [0.29, 0.717) is 13.2 Å². The minimum atomic E-state index is -0.281. The van der Waals surface area contributed by atoms with Gasteiger partial charge in [-0.15, -0.1) is 0 Å². The number of aliphatic hydroxyl groups is 1. The molecule has 1 heterocycles. The van der Waals surface area contributed by atoms with Gasteiger partial charge in [-0.3, -0.25) is 0 Å². The zero-order valence-electron chi connectivity index (χ0n) is 13.2. The van der Waals surface area contributed by atoms with Crippen molar-refractivity contribution in [1.82, 2.24) is 0 Å². The summed E-state index contributed by atoms with van der Waals surface area (Å²) in [6, 6.07) is 9.65. The second-order valence-electron chi connectivity index (χ2n) is 5.40. The van der Waals surface area contributed by atoms with Crippen molar-refractivity contribution < 1.29 is 14.6 Å². The van der Waals surface area contributed by atoms with E-state index >= 15 is 0 Å². The fourth-order valence-corrected chi connectivity index (χ4v) is 2.91. The van der Waals surface area contributed by atoms with Crippen molar-refractivity contribution in [1.29, 1.82) is 0 Å². The van der Waals surface area contributed by atoms with Crippen molar-refractivity contribution >= 4 is 11.3 Å². The van der Waals surface area contributed by atoms with E-state index in [1.807, 2.05) is 24.3 Å². The molecule has 0 radical (unpaired) electrons. The van der Waals surface area contributed by atoms with Crippen LogP contribution in [-0.4, -0.2) is 17.3 Å². The lowest BCUT2D eigenvalue weighted by atomic mass is 9.98. The SMILES string of the molecule is CCC(CC)(COc1cccc(CO)c1)OCc1ccsc1. The molecule has 0 amide bonds. The summed E-state index contributed by atoms with van der Waals surface area (Å²) in [7, 11) is 0. The molecule has 0 saturated heterocycles. The highest BCUT2D eigenvalue weighted by atomic mass is 32.1. The number of thiophene rings is 1.